The van der Waals surface area contributed by atoms with E-state index >= 15 is 0 Å². The molecule has 92 valence electrons. The first-order chi connectivity index (χ1) is 7.54. The van der Waals surface area contributed by atoms with Crippen molar-refractivity contribution in [3.05, 3.63) is 35.9 Å². The van der Waals surface area contributed by atoms with E-state index in [1.165, 1.54) is 24.8 Å². The highest BCUT2D eigenvalue weighted by Gasteiger charge is 1.72. The van der Waals surface area contributed by atoms with E-state index in [2.05, 4.69) is 32.9 Å². The summed E-state index contributed by atoms with van der Waals surface area (Å²) in [6, 6.07) is 10.3. The third-order valence-corrected chi connectivity index (χ3v) is 1.65. The fraction of sp³-hybridized carbons (Fsp3) is 0.500. The Bertz CT molecular complexity index is 320. The van der Waals surface area contributed by atoms with Crippen LogP contribution in [0.5, 0.6) is 0 Å². The number of aryl methyl sites for hydroxylation is 1. The van der Waals surface area contributed by atoms with Crippen LogP contribution in [0.4, 0.5) is 0 Å². The van der Waals surface area contributed by atoms with Gasteiger partial charge in [0.1, 0.15) is 0 Å². The molecule has 0 aliphatic heterocycles. The fourth-order valence-corrected chi connectivity index (χ4v) is 0.888. The third-order valence-electron chi connectivity index (χ3n) is 1.65. The van der Waals surface area contributed by atoms with Crippen LogP contribution in [-0.4, -0.2) is 12.6 Å². The lowest BCUT2D eigenvalue weighted by Crippen LogP contribution is -1.62. The second kappa shape index (κ2) is 13.8. The zero-order chi connectivity index (χ0) is 12.8. The van der Waals surface area contributed by atoms with Gasteiger partial charge in [-0.25, -0.2) is 0 Å². The lowest BCUT2D eigenvalue weighted by atomic mass is 10.2. The minimum absolute atomic E-state index is 1.32. The van der Waals surface area contributed by atoms with E-state index in [0.29, 0.717) is 0 Å². The van der Waals surface area contributed by atoms with Crippen LogP contribution in [0, 0.1) is 6.92 Å². The van der Waals surface area contributed by atoms with Crippen molar-refractivity contribution in [2.24, 2.45) is 0 Å². The van der Waals surface area contributed by atoms with E-state index < -0.39 is 10.6 Å². The highest BCUT2D eigenvalue weighted by atomic mass is 32.2. The third kappa shape index (κ3) is 23.0. The van der Waals surface area contributed by atoms with Gasteiger partial charge in [0, 0.05) is 0 Å². The summed E-state index contributed by atoms with van der Waals surface area (Å²) < 4.78 is 25.3. The second-order valence-corrected chi connectivity index (χ2v) is 3.62. The molecule has 1 rings (SSSR count). The number of rotatable bonds is 2. The molecule has 1 aromatic carbocycles. The first kappa shape index (κ1) is 17.2. The van der Waals surface area contributed by atoms with Crippen molar-refractivity contribution < 1.29 is 12.6 Å². The molecule has 0 N–H and O–H groups in total. The summed E-state index contributed by atoms with van der Waals surface area (Å²) in [6.07, 6.45) is 4.08. The van der Waals surface area contributed by atoms with Gasteiger partial charge in [-0.15, -0.1) is 12.6 Å². The van der Waals surface area contributed by atoms with E-state index in [9.17, 15) is 0 Å². The van der Waals surface area contributed by atoms with Crippen LogP contribution in [0.3, 0.4) is 0 Å². The van der Waals surface area contributed by atoms with Gasteiger partial charge >= 0.3 is 10.6 Å². The molecule has 0 heterocycles. The molecule has 0 atom stereocenters. The van der Waals surface area contributed by atoms with E-state index in [0.717, 1.165) is 0 Å². The van der Waals surface area contributed by atoms with Crippen LogP contribution in [0.1, 0.15) is 38.7 Å². The molecule has 0 radical (unpaired) electrons. The van der Waals surface area contributed by atoms with Crippen molar-refractivity contribution in [2.45, 2.75) is 40.0 Å². The molecule has 0 aromatic heterocycles. The van der Waals surface area contributed by atoms with Gasteiger partial charge in [0.15, 0.2) is 0 Å². The quantitative estimate of drug-likeness (QED) is 0.802. The molecule has 0 bridgehead atoms. The van der Waals surface area contributed by atoms with E-state index in [1.54, 1.807) is 0 Å². The van der Waals surface area contributed by atoms with Gasteiger partial charge < -0.3 is 0 Å². The zero-order valence-electron chi connectivity index (χ0n) is 10.1. The van der Waals surface area contributed by atoms with E-state index in [-0.39, 0.29) is 0 Å². The lowest BCUT2D eigenvalue weighted by Gasteiger charge is -1.82. The summed E-state index contributed by atoms with van der Waals surface area (Å²) in [7, 11) is -3.11. The first-order valence-electron chi connectivity index (χ1n) is 5.32. The van der Waals surface area contributed by atoms with Crippen LogP contribution < -0.4 is 0 Å². The van der Waals surface area contributed by atoms with Gasteiger partial charge in [0.2, 0.25) is 0 Å². The molecular formula is C12H20O3S. The minimum atomic E-state index is -3.11. The van der Waals surface area contributed by atoms with Gasteiger partial charge in [0.25, 0.3) is 0 Å². The number of benzene rings is 1. The maximum absolute atomic E-state index is 8.44. The SMILES string of the molecule is CCCCC.Cc1ccccc1.O=S(=O)=O. The average Bonchev–Trinajstić information content (AvgIpc) is 2.20. The summed E-state index contributed by atoms with van der Waals surface area (Å²) in [4.78, 5) is 0. The molecule has 0 spiro atoms. The maximum Gasteiger partial charge on any atom is 0.425 e. The monoisotopic (exact) mass is 244 g/mol. The van der Waals surface area contributed by atoms with E-state index in [4.69, 9.17) is 12.6 Å². The molecule has 0 aliphatic carbocycles. The molecule has 0 unspecified atom stereocenters. The molecule has 0 saturated carbocycles. The van der Waals surface area contributed by atoms with Crippen LogP contribution in [-0.2, 0) is 10.6 Å². The van der Waals surface area contributed by atoms with Gasteiger partial charge in [-0.05, 0) is 6.92 Å². The molecule has 16 heavy (non-hydrogen) atoms. The summed E-state index contributed by atoms with van der Waals surface area (Å²) in [5, 5.41) is 0. The summed E-state index contributed by atoms with van der Waals surface area (Å²) in [6.45, 7) is 6.51. The highest BCUT2D eigenvalue weighted by molar-refractivity contribution is 7.59. The van der Waals surface area contributed by atoms with Crippen LogP contribution >= 0.6 is 0 Å². The van der Waals surface area contributed by atoms with Crippen molar-refractivity contribution in [1.82, 2.24) is 0 Å². The Hall–Kier alpha value is -1.16. The Labute approximate surface area is 99.6 Å². The summed E-state index contributed by atoms with van der Waals surface area (Å²) in [5.74, 6) is 0. The number of hydrogen-bond donors (Lipinski definition) is 0. The Morgan fingerprint density at radius 2 is 1.31 bits per heavy atom. The predicted octanol–water partition coefficient (Wildman–Crippen LogP) is 3.19. The number of hydrogen-bond acceptors (Lipinski definition) is 3. The lowest BCUT2D eigenvalue weighted by molar-refractivity contribution is 0.559. The first-order valence-corrected chi connectivity index (χ1v) is 6.32. The largest absolute Gasteiger partial charge is 0.425 e. The topological polar surface area (TPSA) is 51.2 Å². The summed E-state index contributed by atoms with van der Waals surface area (Å²) >= 11 is 0. The Balaban J connectivity index is 0. The molecule has 0 amide bonds. The smallest absolute Gasteiger partial charge is 0.142 e. The predicted molar refractivity (Wildman–Crippen MR) is 66.1 cm³/mol. The minimum Gasteiger partial charge on any atom is -0.142 e. The molecule has 0 aliphatic rings. The van der Waals surface area contributed by atoms with Gasteiger partial charge in [-0.2, -0.15) is 0 Å². The van der Waals surface area contributed by atoms with Crippen molar-refractivity contribution in [3.8, 4) is 0 Å². The van der Waals surface area contributed by atoms with Crippen molar-refractivity contribution in [1.29, 1.82) is 0 Å². The van der Waals surface area contributed by atoms with Crippen LogP contribution in [0.15, 0.2) is 30.3 Å². The molecule has 3 nitrogen and oxygen atoms in total. The Morgan fingerprint density at radius 3 is 1.44 bits per heavy atom. The molecule has 4 heteroatoms. The highest BCUT2D eigenvalue weighted by Crippen LogP contribution is 1.92. The van der Waals surface area contributed by atoms with E-state index in [1.807, 2.05) is 18.2 Å². The maximum atomic E-state index is 8.44. The molecule has 1 aromatic rings. The van der Waals surface area contributed by atoms with Gasteiger partial charge in [-0.3, -0.25) is 0 Å². The number of unbranched alkanes of at least 4 members (excludes halogenated alkanes) is 2. The molecule has 0 saturated heterocycles. The Kier molecular flexibility index (Phi) is 14.9. The Morgan fingerprint density at radius 1 is 0.938 bits per heavy atom. The molecular weight excluding hydrogens is 224 g/mol. The van der Waals surface area contributed by atoms with Crippen LogP contribution in [0.2, 0.25) is 0 Å². The standard InChI is InChI=1S/C7H8.C5H12.O3S/c1-7-5-3-2-4-6-7;1-3-5-4-2;1-4(2)3/h2-6H,1H3;3-5H2,1-2H3;. The van der Waals surface area contributed by atoms with Crippen LogP contribution in [0.25, 0.3) is 0 Å². The fourth-order valence-electron chi connectivity index (χ4n) is 0.888. The molecule has 0 fully saturated rings. The summed E-state index contributed by atoms with van der Waals surface area (Å²) in [5.41, 5.74) is 1.32. The average molecular weight is 244 g/mol. The van der Waals surface area contributed by atoms with Crippen molar-refractivity contribution in [3.63, 3.8) is 0 Å². The zero-order valence-corrected chi connectivity index (χ0v) is 11.0. The van der Waals surface area contributed by atoms with Gasteiger partial charge in [0.05, 0.1) is 0 Å². The van der Waals surface area contributed by atoms with Gasteiger partial charge in [-0.1, -0.05) is 69.0 Å². The normalized spacial score (nSPS) is 7.94. The van der Waals surface area contributed by atoms with Crippen molar-refractivity contribution in [2.75, 3.05) is 0 Å². The van der Waals surface area contributed by atoms with Crippen molar-refractivity contribution >= 4 is 10.6 Å². The second-order valence-electron chi connectivity index (χ2n) is 3.21.